The van der Waals surface area contributed by atoms with Gasteiger partial charge in [-0.2, -0.15) is 0 Å². The third-order valence-corrected chi connectivity index (χ3v) is 5.25. The van der Waals surface area contributed by atoms with Crippen molar-refractivity contribution in [2.24, 2.45) is 11.3 Å². The second-order valence-corrected chi connectivity index (χ2v) is 7.21. The van der Waals surface area contributed by atoms with Crippen LogP contribution in [0.3, 0.4) is 0 Å². The molecule has 0 aromatic rings. The van der Waals surface area contributed by atoms with Crippen molar-refractivity contribution in [1.82, 2.24) is 4.90 Å². The first-order chi connectivity index (χ1) is 8.96. The summed E-state index contributed by atoms with van der Waals surface area (Å²) in [7, 11) is 0. The molecular formula is C14H23NO3S. The van der Waals surface area contributed by atoms with Crippen LogP contribution in [0.2, 0.25) is 0 Å². The Hall–Kier alpha value is -0.710. The zero-order chi connectivity index (χ0) is 14.0. The molecule has 0 bridgehead atoms. The largest absolute Gasteiger partial charge is 0.480 e. The summed E-state index contributed by atoms with van der Waals surface area (Å²) < 4.78 is 0. The lowest BCUT2D eigenvalue weighted by Crippen LogP contribution is -2.49. The van der Waals surface area contributed by atoms with Crippen LogP contribution >= 0.6 is 11.8 Å². The Balaban J connectivity index is 2.17. The first-order valence-corrected chi connectivity index (χ1v) is 8.23. The lowest BCUT2D eigenvalue weighted by molar-refractivity contribution is -0.153. The van der Waals surface area contributed by atoms with Crippen molar-refractivity contribution >= 4 is 23.6 Å². The van der Waals surface area contributed by atoms with Crippen LogP contribution in [0.25, 0.3) is 0 Å². The third-order valence-electron chi connectivity index (χ3n) is 4.24. The molecule has 108 valence electrons. The summed E-state index contributed by atoms with van der Waals surface area (Å²) >= 11 is 1.55. The highest BCUT2D eigenvalue weighted by atomic mass is 32.2. The molecule has 1 amide bonds. The number of carbonyl (C=O) groups excluding carboxylic acids is 1. The SMILES string of the molecule is CC(C)CC1(C(=O)N2CSC[C@H]2C(=O)O)CCCC1. The van der Waals surface area contributed by atoms with E-state index in [1.165, 1.54) is 0 Å². The van der Waals surface area contributed by atoms with Gasteiger partial charge in [0.2, 0.25) is 5.91 Å². The van der Waals surface area contributed by atoms with Crippen molar-refractivity contribution in [1.29, 1.82) is 0 Å². The van der Waals surface area contributed by atoms with Gasteiger partial charge >= 0.3 is 5.97 Å². The van der Waals surface area contributed by atoms with E-state index in [1.54, 1.807) is 16.7 Å². The number of carboxylic acid groups (broad SMARTS) is 1. The second-order valence-electron chi connectivity index (χ2n) is 6.21. The fraction of sp³-hybridized carbons (Fsp3) is 0.857. The van der Waals surface area contributed by atoms with E-state index in [-0.39, 0.29) is 11.3 Å². The summed E-state index contributed by atoms with van der Waals surface area (Å²) in [5.74, 6) is 0.766. The topological polar surface area (TPSA) is 57.6 Å². The summed E-state index contributed by atoms with van der Waals surface area (Å²) in [6.45, 7) is 4.28. The predicted molar refractivity (Wildman–Crippen MR) is 76.0 cm³/mol. The molecule has 2 aliphatic rings. The molecule has 1 saturated heterocycles. The Labute approximate surface area is 118 Å². The maximum atomic E-state index is 12.9. The number of nitrogens with zero attached hydrogens (tertiary/aromatic N) is 1. The van der Waals surface area contributed by atoms with E-state index >= 15 is 0 Å². The predicted octanol–water partition coefficient (Wildman–Crippen LogP) is 2.58. The Morgan fingerprint density at radius 1 is 1.37 bits per heavy atom. The smallest absolute Gasteiger partial charge is 0.327 e. The third kappa shape index (κ3) is 2.91. The molecule has 5 heteroatoms. The second kappa shape index (κ2) is 5.73. The highest BCUT2D eigenvalue weighted by Crippen LogP contribution is 2.45. The van der Waals surface area contributed by atoms with E-state index in [1.807, 2.05) is 0 Å². The maximum absolute atomic E-state index is 12.9. The van der Waals surface area contributed by atoms with Gasteiger partial charge in [-0.3, -0.25) is 4.79 Å². The summed E-state index contributed by atoms with van der Waals surface area (Å²) in [4.78, 5) is 25.7. The standard InChI is InChI=1S/C14H23NO3S/c1-10(2)7-14(5-3-4-6-14)13(18)15-9-19-8-11(15)12(16)17/h10-11H,3-9H2,1-2H3,(H,16,17)/t11-/m0/s1. The van der Waals surface area contributed by atoms with Gasteiger partial charge in [0.15, 0.2) is 0 Å². The molecular weight excluding hydrogens is 262 g/mol. The number of carboxylic acids is 1. The van der Waals surface area contributed by atoms with Crippen LogP contribution in [-0.2, 0) is 9.59 Å². The Bertz CT molecular complexity index is 364. The van der Waals surface area contributed by atoms with Crippen LogP contribution in [0.1, 0.15) is 46.0 Å². The Morgan fingerprint density at radius 3 is 2.53 bits per heavy atom. The molecule has 0 aromatic carbocycles. The van der Waals surface area contributed by atoms with Gasteiger partial charge in [-0.05, 0) is 25.2 Å². The maximum Gasteiger partial charge on any atom is 0.327 e. The summed E-state index contributed by atoms with van der Waals surface area (Å²) in [5.41, 5.74) is -0.285. The summed E-state index contributed by atoms with van der Waals surface area (Å²) in [6.07, 6.45) is 4.93. The molecule has 0 spiro atoms. The van der Waals surface area contributed by atoms with E-state index < -0.39 is 12.0 Å². The Morgan fingerprint density at radius 2 is 2.00 bits per heavy atom. The fourth-order valence-corrected chi connectivity index (χ4v) is 4.64. The number of thioether (sulfide) groups is 1. The number of rotatable bonds is 4. The molecule has 0 radical (unpaired) electrons. The minimum atomic E-state index is -0.865. The van der Waals surface area contributed by atoms with Crippen molar-refractivity contribution in [2.75, 3.05) is 11.6 Å². The van der Waals surface area contributed by atoms with Crippen molar-refractivity contribution < 1.29 is 14.7 Å². The minimum Gasteiger partial charge on any atom is -0.480 e. The van der Waals surface area contributed by atoms with E-state index in [0.717, 1.165) is 32.1 Å². The quantitative estimate of drug-likeness (QED) is 0.862. The molecule has 2 fully saturated rings. The molecule has 4 nitrogen and oxygen atoms in total. The van der Waals surface area contributed by atoms with Gasteiger partial charge in [0.1, 0.15) is 6.04 Å². The molecule has 1 aliphatic heterocycles. The number of hydrogen-bond donors (Lipinski definition) is 1. The van der Waals surface area contributed by atoms with E-state index in [9.17, 15) is 14.7 Å². The molecule has 1 atom stereocenters. The van der Waals surface area contributed by atoms with Gasteiger partial charge < -0.3 is 10.0 Å². The monoisotopic (exact) mass is 285 g/mol. The molecule has 0 unspecified atom stereocenters. The van der Waals surface area contributed by atoms with Gasteiger partial charge in [0.25, 0.3) is 0 Å². The lowest BCUT2D eigenvalue weighted by Gasteiger charge is -2.35. The number of amides is 1. The summed E-state index contributed by atoms with van der Waals surface area (Å²) in [5, 5.41) is 9.23. The number of carbonyl (C=O) groups is 2. The Kier molecular flexibility index (Phi) is 4.43. The average Bonchev–Trinajstić information content (AvgIpc) is 2.95. The van der Waals surface area contributed by atoms with E-state index in [0.29, 0.717) is 17.5 Å². The molecule has 1 N–H and O–H groups in total. The molecule has 1 aliphatic carbocycles. The van der Waals surface area contributed by atoms with Crippen LogP contribution in [-0.4, -0.2) is 39.6 Å². The first kappa shape index (κ1) is 14.7. The molecule has 19 heavy (non-hydrogen) atoms. The molecule has 2 rings (SSSR count). The zero-order valence-corrected chi connectivity index (χ0v) is 12.5. The highest BCUT2D eigenvalue weighted by Gasteiger charge is 2.47. The van der Waals surface area contributed by atoms with Crippen LogP contribution in [0.5, 0.6) is 0 Å². The summed E-state index contributed by atoms with van der Waals surface area (Å²) in [6, 6.07) is -0.623. The van der Waals surface area contributed by atoms with Crippen LogP contribution in [0.4, 0.5) is 0 Å². The van der Waals surface area contributed by atoms with E-state index in [2.05, 4.69) is 13.8 Å². The first-order valence-electron chi connectivity index (χ1n) is 7.08. The highest BCUT2D eigenvalue weighted by molar-refractivity contribution is 7.99. The molecule has 1 saturated carbocycles. The van der Waals surface area contributed by atoms with Crippen LogP contribution < -0.4 is 0 Å². The molecule has 0 aromatic heterocycles. The normalized spacial score (nSPS) is 26.1. The number of hydrogen-bond acceptors (Lipinski definition) is 3. The van der Waals surface area contributed by atoms with E-state index in [4.69, 9.17) is 0 Å². The average molecular weight is 285 g/mol. The van der Waals surface area contributed by atoms with Crippen molar-refractivity contribution in [3.63, 3.8) is 0 Å². The zero-order valence-electron chi connectivity index (χ0n) is 11.7. The van der Waals surface area contributed by atoms with Gasteiger partial charge in [0.05, 0.1) is 5.88 Å². The van der Waals surface area contributed by atoms with Crippen LogP contribution in [0, 0.1) is 11.3 Å². The van der Waals surface area contributed by atoms with Crippen molar-refractivity contribution in [3.05, 3.63) is 0 Å². The lowest BCUT2D eigenvalue weighted by atomic mass is 9.77. The van der Waals surface area contributed by atoms with Gasteiger partial charge in [-0.25, -0.2) is 4.79 Å². The van der Waals surface area contributed by atoms with Gasteiger partial charge in [-0.15, -0.1) is 11.8 Å². The minimum absolute atomic E-state index is 0.0936. The number of aliphatic carboxylic acids is 1. The van der Waals surface area contributed by atoms with Crippen LogP contribution in [0.15, 0.2) is 0 Å². The van der Waals surface area contributed by atoms with Crippen molar-refractivity contribution in [2.45, 2.75) is 52.0 Å². The fourth-order valence-electron chi connectivity index (χ4n) is 3.49. The van der Waals surface area contributed by atoms with Crippen molar-refractivity contribution in [3.8, 4) is 0 Å². The molecule has 1 heterocycles. The van der Waals surface area contributed by atoms with Gasteiger partial charge in [0, 0.05) is 11.2 Å². The van der Waals surface area contributed by atoms with Gasteiger partial charge in [-0.1, -0.05) is 26.7 Å².